The molecule has 0 saturated heterocycles. The van der Waals surface area contributed by atoms with Crippen molar-refractivity contribution in [2.24, 2.45) is 23.7 Å². The quantitative estimate of drug-likeness (QED) is 0.380. The predicted molar refractivity (Wildman–Crippen MR) is 70.4 cm³/mol. The first kappa shape index (κ1) is 23.3. The van der Waals surface area contributed by atoms with Crippen LogP contribution in [0.4, 0.5) is 0 Å². The van der Waals surface area contributed by atoms with Gasteiger partial charge in [-0.15, -0.1) is 0 Å². The minimum Gasteiger partial charge on any atom is -1.00 e. The van der Waals surface area contributed by atoms with Crippen LogP contribution in [0.5, 0.6) is 0 Å². The molecule has 0 heterocycles. The monoisotopic (exact) mass is 370 g/mol. The molecule has 0 aromatic rings. The zero-order chi connectivity index (χ0) is 13.1. The van der Waals surface area contributed by atoms with E-state index in [-0.39, 0.29) is 37.2 Å². The summed E-state index contributed by atoms with van der Waals surface area (Å²) in [6, 6.07) is 0. The molecule has 2 rings (SSSR count). The Morgan fingerprint density at radius 1 is 0.850 bits per heavy atom. The van der Waals surface area contributed by atoms with Crippen LogP contribution in [0.25, 0.3) is 0 Å². The molecular weight excluding hydrogens is 346 g/mol. The normalized spacial score (nSPS) is 39.6. The maximum Gasteiger partial charge on any atom is -1.00 e. The van der Waals surface area contributed by atoms with Crippen molar-refractivity contribution in [3.05, 3.63) is 22.3 Å². The van der Waals surface area contributed by atoms with Gasteiger partial charge < -0.3 is 37.2 Å². The topological polar surface area (TPSA) is 0 Å². The van der Waals surface area contributed by atoms with Gasteiger partial charge in [-0.1, -0.05) is 0 Å². The zero-order valence-electron chi connectivity index (χ0n) is 13.4. The second-order valence-corrected chi connectivity index (χ2v) is 8.06. The second kappa shape index (κ2) is 7.56. The molecule has 20 heavy (non-hydrogen) atoms. The Kier molecular flexibility index (Phi) is 8.82. The molecule has 0 aliphatic heterocycles. The van der Waals surface area contributed by atoms with Crippen molar-refractivity contribution in [1.82, 2.24) is 0 Å². The molecule has 2 aliphatic rings. The predicted octanol–water partition coefficient (Wildman–Crippen LogP) is -4.07. The van der Waals surface area contributed by atoms with Crippen LogP contribution in [-0.2, 0) is 20.4 Å². The molecule has 114 valence electrons. The molecule has 0 bridgehead atoms. The molecular formula is C16H25Cl3Ti. The van der Waals surface area contributed by atoms with E-state index in [0.29, 0.717) is 3.72 Å². The van der Waals surface area contributed by atoms with Crippen molar-refractivity contribution in [2.45, 2.75) is 52.2 Å². The number of allylic oxidation sites excluding steroid dienone is 4. The third-order valence-corrected chi connectivity index (χ3v) is 6.87. The summed E-state index contributed by atoms with van der Waals surface area (Å²) < 4.78 is 0.293. The van der Waals surface area contributed by atoms with Crippen LogP contribution in [0.15, 0.2) is 22.3 Å². The third-order valence-electron chi connectivity index (χ3n) is 5.86. The van der Waals surface area contributed by atoms with Crippen LogP contribution in [0, 0.1) is 23.7 Å². The summed E-state index contributed by atoms with van der Waals surface area (Å²) >= 11 is 2.42. The molecule has 2 aliphatic carbocycles. The summed E-state index contributed by atoms with van der Waals surface area (Å²) in [5.41, 5.74) is 6.63. The third kappa shape index (κ3) is 3.06. The molecule has 0 fully saturated rings. The van der Waals surface area contributed by atoms with Crippen LogP contribution in [-0.4, -0.2) is 0 Å². The molecule has 0 saturated carbocycles. The Labute approximate surface area is 155 Å². The summed E-state index contributed by atoms with van der Waals surface area (Å²) in [4.78, 5) is 0. The number of hydrogen-bond acceptors (Lipinski definition) is 0. The van der Waals surface area contributed by atoms with Gasteiger partial charge in [0.25, 0.3) is 0 Å². The fraction of sp³-hybridized carbons (Fsp3) is 0.750. The van der Waals surface area contributed by atoms with Crippen molar-refractivity contribution in [3.63, 3.8) is 0 Å². The van der Waals surface area contributed by atoms with Crippen molar-refractivity contribution >= 4 is 0 Å². The zero-order valence-corrected chi connectivity index (χ0v) is 17.3. The van der Waals surface area contributed by atoms with Gasteiger partial charge in [0.1, 0.15) is 0 Å². The molecule has 0 aromatic heterocycles. The number of hydrogen-bond donors (Lipinski definition) is 0. The smallest absolute Gasteiger partial charge is 1.00 e. The molecule has 0 N–H and O–H groups in total. The minimum absolute atomic E-state index is 0. The van der Waals surface area contributed by atoms with Gasteiger partial charge in [-0.2, -0.15) is 0 Å². The van der Waals surface area contributed by atoms with Gasteiger partial charge >= 0.3 is 119 Å². The van der Waals surface area contributed by atoms with Gasteiger partial charge in [-0.05, 0) is 0 Å². The second-order valence-electron chi connectivity index (χ2n) is 6.50. The van der Waals surface area contributed by atoms with E-state index in [1.54, 1.807) is 22.3 Å². The summed E-state index contributed by atoms with van der Waals surface area (Å²) in [6.07, 6.45) is 0. The van der Waals surface area contributed by atoms with Gasteiger partial charge in [0.15, 0.2) is 0 Å². The largest absolute Gasteiger partial charge is 1.00 e. The fourth-order valence-electron chi connectivity index (χ4n) is 3.97. The molecule has 4 heteroatoms. The maximum atomic E-state index is 2.44. The van der Waals surface area contributed by atoms with Gasteiger partial charge in [0.05, 0.1) is 0 Å². The van der Waals surface area contributed by atoms with E-state index >= 15 is 0 Å². The van der Waals surface area contributed by atoms with E-state index in [0.717, 1.165) is 23.7 Å². The fourth-order valence-corrected chi connectivity index (χ4v) is 4.83. The van der Waals surface area contributed by atoms with Crippen LogP contribution in [0.2, 0.25) is 3.72 Å². The molecule has 0 radical (unpaired) electrons. The van der Waals surface area contributed by atoms with Crippen molar-refractivity contribution in [3.8, 4) is 0 Å². The van der Waals surface area contributed by atoms with E-state index in [4.69, 9.17) is 0 Å². The van der Waals surface area contributed by atoms with Crippen molar-refractivity contribution in [2.75, 3.05) is 0 Å². The summed E-state index contributed by atoms with van der Waals surface area (Å²) in [6.45, 7) is 16.8. The summed E-state index contributed by atoms with van der Waals surface area (Å²) in [5.74, 6) is 3.08. The van der Waals surface area contributed by atoms with Gasteiger partial charge in [-0.25, -0.2) is 0 Å². The Morgan fingerprint density at radius 3 is 1.70 bits per heavy atom. The standard InChI is InChI=1S/C16H25.3ClH.Ti/c1-8-9(2)12(5)16-14(7)10(3)13(6)15(16)11(8)4;;;;/h8-9,11-12H,1-7H3;3*1H;/q;;;;+3/p-3. The van der Waals surface area contributed by atoms with Crippen LogP contribution >= 0.6 is 0 Å². The average Bonchev–Trinajstić information content (AvgIpc) is 2.44. The number of rotatable bonds is 0. The Morgan fingerprint density at radius 2 is 1.25 bits per heavy atom. The molecule has 5 unspecified atom stereocenters. The molecule has 0 nitrogen and oxygen atoms in total. The Bertz CT molecular complexity index is 423. The molecule has 0 amide bonds. The Balaban J connectivity index is 0. The van der Waals surface area contributed by atoms with E-state index < -0.39 is 0 Å². The molecule has 5 atom stereocenters. The summed E-state index contributed by atoms with van der Waals surface area (Å²) in [5, 5.41) is 0. The first-order valence-electron chi connectivity index (χ1n) is 6.89. The van der Waals surface area contributed by atoms with Crippen molar-refractivity contribution in [1.29, 1.82) is 0 Å². The van der Waals surface area contributed by atoms with Crippen molar-refractivity contribution < 1.29 is 57.7 Å². The first-order chi connectivity index (χ1) is 7.71. The van der Waals surface area contributed by atoms with E-state index in [1.165, 1.54) is 0 Å². The van der Waals surface area contributed by atoms with E-state index in [1.807, 2.05) is 0 Å². The van der Waals surface area contributed by atoms with Crippen LogP contribution in [0.3, 0.4) is 0 Å². The number of halogens is 3. The molecule has 0 aromatic carbocycles. The minimum atomic E-state index is 0. The maximum absolute atomic E-state index is 2.44. The van der Waals surface area contributed by atoms with Gasteiger partial charge in [0, 0.05) is 0 Å². The van der Waals surface area contributed by atoms with E-state index in [9.17, 15) is 0 Å². The van der Waals surface area contributed by atoms with Gasteiger partial charge in [0.2, 0.25) is 0 Å². The van der Waals surface area contributed by atoms with E-state index in [2.05, 4.69) is 68.9 Å². The first-order valence-corrected chi connectivity index (χ1v) is 7.67. The SMILES string of the molecule is CC1=C(C)[C](C)([Ti+3])C2=C1C(C)C(C)C(C)C2C.[Cl-].[Cl-].[Cl-]. The molecule has 0 spiro atoms. The Hall–Kier alpha value is 1.06. The van der Waals surface area contributed by atoms with Crippen LogP contribution < -0.4 is 37.2 Å². The average molecular weight is 372 g/mol. The van der Waals surface area contributed by atoms with Crippen LogP contribution in [0.1, 0.15) is 48.5 Å². The summed E-state index contributed by atoms with van der Waals surface area (Å²) in [7, 11) is 0. The van der Waals surface area contributed by atoms with Gasteiger partial charge in [-0.3, -0.25) is 0 Å².